The van der Waals surface area contributed by atoms with Crippen molar-refractivity contribution in [3.8, 4) is 5.75 Å². The molecule has 1 aliphatic carbocycles. The van der Waals surface area contributed by atoms with Crippen LogP contribution in [0.5, 0.6) is 5.75 Å². The van der Waals surface area contributed by atoms with Gasteiger partial charge in [0.15, 0.2) is 0 Å². The molecule has 5 heteroatoms. The van der Waals surface area contributed by atoms with Crippen LogP contribution in [0.3, 0.4) is 0 Å². The van der Waals surface area contributed by atoms with Crippen LogP contribution in [0.2, 0.25) is 0 Å². The van der Waals surface area contributed by atoms with Crippen molar-refractivity contribution >= 4 is 33.6 Å². The highest BCUT2D eigenvalue weighted by Gasteiger charge is 2.22. The van der Waals surface area contributed by atoms with E-state index in [0.717, 1.165) is 28.0 Å². The Balaban J connectivity index is 1.78. The van der Waals surface area contributed by atoms with Gasteiger partial charge >= 0.3 is 0 Å². The molecule has 0 spiro atoms. The standard InChI is InChI=1S/C17H24BrNO2S/c1-12-5-3-4-6-15(12)19-17(20)11-22-10-13-9-14(18)7-8-16(13)21-2/h7-9,12,15H,3-6,10-11H2,1-2H3,(H,19,20)/t12-,15-/m1/s1. The molecular weight excluding hydrogens is 362 g/mol. The zero-order valence-electron chi connectivity index (χ0n) is 13.2. The first-order chi connectivity index (χ1) is 10.6. The maximum Gasteiger partial charge on any atom is 0.230 e. The van der Waals surface area contributed by atoms with Crippen molar-refractivity contribution in [2.45, 2.75) is 44.4 Å². The molecule has 2 atom stereocenters. The highest BCUT2D eigenvalue weighted by molar-refractivity contribution is 9.10. The molecule has 3 nitrogen and oxygen atoms in total. The summed E-state index contributed by atoms with van der Waals surface area (Å²) in [5, 5.41) is 3.19. The summed E-state index contributed by atoms with van der Waals surface area (Å²) < 4.78 is 6.39. The molecule has 1 N–H and O–H groups in total. The number of halogens is 1. The van der Waals surface area contributed by atoms with Gasteiger partial charge < -0.3 is 10.1 Å². The van der Waals surface area contributed by atoms with Crippen LogP contribution in [-0.2, 0) is 10.5 Å². The number of hydrogen-bond donors (Lipinski definition) is 1. The van der Waals surface area contributed by atoms with Gasteiger partial charge in [-0.05, 0) is 37.0 Å². The Bertz CT molecular complexity index is 509. The molecule has 0 radical (unpaired) electrons. The molecule has 1 amide bonds. The number of amides is 1. The van der Waals surface area contributed by atoms with Gasteiger partial charge in [-0.25, -0.2) is 0 Å². The Morgan fingerprint density at radius 2 is 2.18 bits per heavy atom. The zero-order chi connectivity index (χ0) is 15.9. The van der Waals surface area contributed by atoms with Gasteiger partial charge in [0.1, 0.15) is 5.75 Å². The predicted octanol–water partition coefficient (Wildman–Crippen LogP) is 4.39. The molecule has 22 heavy (non-hydrogen) atoms. The van der Waals surface area contributed by atoms with E-state index in [-0.39, 0.29) is 5.91 Å². The predicted molar refractivity (Wildman–Crippen MR) is 96.4 cm³/mol. The fraction of sp³-hybridized carbons (Fsp3) is 0.588. The second-order valence-corrected chi connectivity index (χ2v) is 7.79. The summed E-state index contributed by atoms with van der Waals surface area (Å²) in [6.07, 6.45) is 4.88. The van der Waals surface area contributed by atoms with Gasteiger partial charge in [-0.15, -0.1) is 11.8 Å². The number of methoxy groups -OCH3 is 1. The van der Waals surface area contributed by atoms with Crippen LogP contribution in [0.1, 0.15) is 38.2 Å². The highest BCUT2D eigenvalue weighted by atomic mass is 79.9. The molecule has 0 unspecified atom stereocenters. The largest absolute Gasteiger partial charge is 0.496 e. The van der Waals surface area contributed by atoms with Crippen molar-refractivity contribution in [3.63, 3.8) is 0 Å². The molecule has 1 fully saturated rings. The topological polar surface area (TPSA) is 38.3 Å². The molecule has 122 valence electrons. The quantitative estimate of drug-likeness (QED) is 0.788. The van der Waals surface area contributed by atoms with Crippen LogP contribution in [-0.4, -0.2) is 24.8 Å². The SMILES string of the molecule is COc1ccc(Br)cc1CSCC(=O)N[C@@H]1CCCC[C@H]1C. The lowest BCUT2D eigenvalue weighted by molar-refractivity contribution is -0.119. The third kappa shape index (κ3) is 5.20. The third-order valence-electron chi connectivity index (χ3n) is 4.19. The van der Waals surface area contributed by atoms with Crippen molar-refractivity contribution in [1.82, 2.24) is 5.32 Å². The molecule has 0 bridgehead atoms. The minimum Gasteiger partial charge on any atom is -0.496 e. The third-order valence-corrected chi connectivity index (χ3v) is 5.67. The maximum atomic E-state index is 12.1. The number of ether oxygens (including phenoxy) is 1. The molecule has 0 aliphatic heterocycles. The Kier molecular flexibility index (Phi) is 7.09. The van der Waals surface area contributed by atoms with E-state index in [1.54, 1.807) is 18.9 Å². The summed E-state index contributed by atoms with van der Waals surface area (Å²) in [7, 11) is 1.68. The molecule has 1 aromatic rings. The lowest BCUT2D eigenvalue weighted by Gasteiger charge is -2.29. The van der Waals surface area contributed by atoms with Gasteiger partial charge in [0.25, 0.3) is 0 Å². The van der Waals surface area contributed by atoms with E-state index < -0.39 is 0 Å². The van der Waals surface area contributed by atoms with E-state index in [1.165, 1.54) is 19.3 Å². The van der Waals surface area contributed by atoms with E-state index in [1.807, 2.05) is 18.2 Å². The number of thioether (sulfide) groups is 1. The number of carbonyl (C=O) groups excluding carboxylic acids is 1. The van der Waals surface area contributed by atoms with E-state index in [9.17, 15) is 4.79 Å². The monoisotopic (exact) mass is 385 g/mol. The number of rotatable bonds is 6. The summed E-state index contributed by atoms with van der Waals surface area (Å²) in [5.74, 6) is 2.90. The van der Waals surface area contributed by atoms with E-state index in [0.29, 0.717) is 17.7 Å². The Hall–Kier alpha value is -0.680. The lowest BCUT2D eigenvalue weighted by atomic mass is 9.86. The minimum atomic E-state index is 0.151. The normalized spacial score (nSPS) is 21.4. The van der Waals surface area contributed by atoms with Crippen molar-refractivity contribution < 1.29 is 9.53 Å². The molecule has 1 saturated carbocycles. The Labute approximate surface area is 145 Å². The van der Waals surface area contributed by atoms with Gasteiger partial charge in [-0.1, -0.05) is 35.7 Å². The van der Waals surface area contributed by atoms with Crippen molar-refractivity contribution in [2.24, 2.45) is 5.92 Å². The Morgan fingerprint density at radius 3 is 2.91 bits per heavy atom. The second kappa shape index (κ2) is 8.82. The van der Waals surface area contributed by atoms with Gasteiger partial charge in [0, 0.05) is 21.8 Å². The number of nitrogens with one attached hydrogen (secondary N) is 1. The van der Waals surface area contributed by atoms with E-state index in [2.05, 4.69) is 28.2 Å². The van der Waals surface area contributed by atoms with Crippen LogP contribution in [0.4, 0.5) is 0 Å². The molecule has 1 aliphatic rings. The molecular formula is C17H24BrNO2S. The Morgan fingerprint density at radius 1 is 1.41 bits per heavy atom. The van der Waals surface area contributed by atoms with Crippen LogP contribution in [0.25, 0.3) is 0 Å². The fourth-order valence-electron chi connectivity index (χ4n) is 2.89. The van der Waals surface area contributed by atoms with Crippen LogP contribution >= 0.6 is 27.7 Å². The zero-order valence-corrected chi connectivity index (χ0v) is 15.6. The fourth-order valence-corrected chi connectivity index (χ4v) is 4.12. The molecule has 0 saturated heterocycles. The van der Waals surface area contributed by atoms with Crippen LogP contribution in [0, 0.1) is 5.92 Å². The van der Waals surface area contributed by atoms with Crippen molar-refractivity contribution in [2.75, 3.05) is 12.9 Å². The first-order valence-corrected chi connectivity index (χ1v) is 9.74. The molecule has 2 rings (SSSR count). The molecule has 0 aromatic heterocycles. The number of hydrogen-bond acceptors (Lipinski definition) is 3. The van der Waals surface area contributed by atoms with Crippen LogP contribution in [0.15, 0.2) is 22.7 Å². The maximum absolute atomic E-state index is 12.1. The summed E-state index contributed by atoms with van der Waals surface area (Å²) in [5.41, 5.74) is 1.11. The minimum absolute atomic E-state index is 0.151. The van der Waals surface area contributed by atoms with Gasteiger partial charge in [0.2, 0.25) is 5.91 Å². The van der Waals surface area contributed by atoms with Gasteiger partial charge in [-0.3, -0.25) is 4.79 Å². The van der Waals surface area contributed by atoms with E-state index >= 15 is 0 Å². The smallest absolute Gasteiger partial charge is 0.230 e. The summed E-state index contributed by atoms with van der Waals surface area (Å²) >= 11 is 5.10. The molecule has 1 aromatic carbocycles. The van der Waals surface area contributed by atoms with Gasteiger partial charge in [-0.2, -0.15) is 0 Å². The molecule has 0 heterocycles. The van der Waals surface area contributed by atoms with Crippen LogP contribution < -0.4 is 10.1 Å². The summed E-state index contributed by atoms with van der Waals surface area (Å²) in [4.78, 5) is 12.1. The average molecular weight is 386 g/mol. The first kappa shape index (κ1) is 17.7. The first-order valence-electron chi connectivity index (χ1n) is 7.79. The van der Waals surface area contributed by atoms with Gasteiger partial charge in [0.05, 0.1) is 12.9 Å². The number of carbonyl (C=O) groups is 1. The highest BCUT2D eigenvalue weighted by Crippen LogP contribution is 2.27. The summed E-state index contributed by atoms with van der Waals surface area (Å²) in [6, 6.07) is 6.32. The second-order valence-electron chi connectivity index (χ2n) is 5.88. The average Bonchev–Trinajstić information content (AvgIpc) is 2.50. The number of benzene rings is 1. The lowest BCUT2D eigenvalue weighted by Crippen LogP contribution is -2.41. The van der Waals surface area contributed by atoms with Crippen molar-refractivity contribution in [1.29, 1.82) is 0 Å². The van der Waals surface area contributed by atoms with Crippen molar-refractivity contribution in [3.05, 3.63) is 28.2 Å². The van der Waals surface area contributed by atoms with E-state index in [4.69, 9.17) is 4.74 Å². The summed E-state index contributed by atoms with van der Waals surface area (Å²) in [6.45, 7) is 2.24.